The predicted molar refractivity (Wildman–Crippen MR) is 532 cm³/mol. The van der Waals surface area contributed by atoms with Crippen molar-refractivity contribution in [3.8, 4) is 5.75 Å². The number of nitrogens with one attached hydrogen (secondary N) is 21. The van der Waals surface area contributed by atoms with Crippen LogP contribution in [0.25, 0.3) is 10.9 Å². The fourth-order valence-electron chi connectivity index (χ4n) is 14.6. The van der Waals surface area contributed by atoms with E-state index in [1.807, 2.05) is 20.1 Å². The van der Waals surface area contributed by atoms with Crippen molar-refractivity contribution in [2.24, 2.45) is 29.0 Å². The van der Waals surface area contributed by atoms with Gasteiger partial charge in [0, 0.05) is 88.0 Å². The number of H-pyrrole nitrogens is 2. The number of aromatic hydroxyl groups is 1. The van der Waals surface area contributed by atoms with Gasteiger partial charge in [0.15, 0.2) is 5.96 Å². The fraction of sp³-hybridized carbons (Fsp3) is 0.596. The highest BCUT2D eigenvalue weighted by molar-refractivity contribution is 7.98. The number of amides is 19. The number of imidazole rings is 1. The van der Waals surface area contributed by atoms with Gasteiger partial charge < -0.3 is 152 Å². The molecule has 4 aromatic rings. The number of hydrogen-bond acceptors (Lipinski definition) is 28. The smallest absolute Gasteiger partial charge is 0.407 e. The first-order chi connectivity index (χ1) is 69.3. The summed E-state index contributed by atoms with van der Waals surface area (Å²) in [5.74, 6) is -17.3. The minimum Gasteiger partial charge on any atom is -0.508 e. The molecule has 0 spiro atoms. The Bertz CT molecular complexity index is 5000. The number of phenols is 1. The zero-order valence-electron chi connectivity index (χ0n) is 83.8. The number of rotatable bonds is 64. The number of carboxylic acids is 1. The first-order valence-corrected chi connectivity index (χ1v) is 49.7. The van der Waals surface area contributed by atoms with Gasteiger partial charge >= 0.3 is 12.1 Å². The maximum atomic E-state index is 14.6. The molecule has 1 saturated heterocycles. The third-order valence-corrected chi connectivity index (χ3v) is 22.9. The predicted octanol–water partition coefficient (Wildman–Crippen LogP) is -4.03. The van der Waals surface area contributed by atoms with E-state index in [1.165, 1.54) is 55.5 Å². The number of aliphatic carboxylic acids is 1. The van der Waals surface area contributed by atoms with Crippen molar-refractivity contribution in [3.63, 3.8) is 0 Å². The molecule has 2 aromatic heterocycles. The third kappa shape index (κ3) is 48.8. The number of nitrogens with zero attached hydrogens (tertiary/aromatic N) is 1. The Morgan fingerprint density at radius 3 is 1.77 bits per heavy atom. The number of para-hydroxylation sites is 1. The number of aromatic nitrogens is 3. The minimum absolute atomic E-state index is 0.0206. The van der Waals surface area contributed by atoms with Crippen molar-refractivity contribution in [1.82, 2.24) is 111 Å². The Balaban J connectivity index is 1.23. The van der Waals surface area contributed by atoms with Gasteiger partial charge in [0.05, 0.1) is 64.6 Å². The maximum absolute atomic E-state index is 14.6. The zero-order chi connectivity index (χ0) is 108. The van der Waals surface area contributed by atoms with Crippen molar-refractivity contribution < 1.29 is 125 Å². The molecule has 146 heavy (non-hydrogen) atoms. The van der Waals surface area contributed by atoms with E-state index in [-0.39, 0.29) is 173 Å². The maximum Gasteiger partial charge on any atom is 0.407 e. The summed E-state index contributed by atoms with van der Waals surface area (Å²) < 4.78 is 21.7. The van der Waals surface area contributed by atoms with E-state index in [0.29, 0.717) is 46.3 Å². The zero-order valence-corrected chi connectivity index (χ0v) is 84.7. The van der Waals surface area contributed by atoms with E-state index >= 15 is 0 Å². The van der Waals surface area contributed by atoms with E-state index in [9.17, 15) is 106 Å². The van der Waals surface area contributed by atoms with Gasteiger partial charge in [-0.1, -0.05) is 64.4 Å². The Morgan fingerprint density at radius 1 is 0.527 bits per heavy atom. The quantitative estimate of drug-likeness (QED) is 0.0114. The van der Waals surface area contributed by atoms with Crippen LogP contribution < -0.4 is 113 Å². The van der Waals surface area contributed by atoms with E-state index in [0.717, 1.165) is 0 Å². The second-order valence-corrected chi connectivity index (χ2v) is 37.5. The van der Waals surface area contributed by atoms with Crippen LogP contribution in [0.2, 0.25) is 0 Å². The number of guanidine groups is 1. The normalized spacial score (nSPS) is 16.2. The van der Waals surface area contributed by atoms with E-state index in [2.05, 4.69) is 111 Å². The summed E-state index contributed by atoms with van der Waals surface area (Å²) in [6.07, 6.45) is 3.74. The summed E-state index contributed by atoms with van der Waals surface area (Å²) >= 11 is 1.44. The number of aromatic amines is 2. The summed E-state index contributed by atoms with van der Waals surface area (Å²) in [5, 5.41) is 74.4. The number of hydrogen-bond donors (Lipinski definition) is 26. The number of nitrogens with two attached hydrogens (primary N) is 3. The number of alkyl carbamates (subject to hydrolysis) is 1. The molecule has 0 bridgehead atoms. The number of carboxylic acid groups (broad SMARTS) is 1. The molecule has 3 heterocycles. The van der Waals surface area contributed by atoms with E-state index < -0.39 is 235 Å². The Labute approximate surface area is 849 Å². The molecule has 1 aliphatic rings. The van der Waals surface area contributed by atoms with E-state index in [1.54, 1.807) is 65.1 Å². The molecule has 0 radical (unpaired) electrons. The molecule has 5 rings (SSSR count). The lowest BCUT2D eigenvalue weighted by atomic mass is 10.0. The lowest BCUT2D eigenvalue weighted by molar-refractivity contribution is -0.141. The molecule has 0 aliphatic carbocycles. The van der Waals surface area contributed by atoms with Gasteiger partial charge in [0.2, 0.25) is 106 Å². The highest BCUT2D eigenvalue weighted by Crippen LogP contribution is 2.22. The van der Waals surface area contributed by atoms with Gasteiger partial charge in [0.25, 0.3) is 0 Å². The first kappa shape index (κ1) is 122. The molecule has 19 amide bonds. The van der Waals surface area contributed by atoms with Gasteiger partial charge in [-0.15, -0.1) is 0 Å². The average molecular weight is 2070 g/mol. The standard InChI is InChI=1S/C94H145N25O26S/c1-53(2)42-67(88(137)113-62(80(96)129)31-41-146-9)115-90(139)70(45-58-48-99-52-107-58)112-76(125)50-106-91(140)79(54(3)4)119-81(130)55(5)108-87(136)69(44-57-47-104-61-19-13-12-18-60(57)61)117-86(135)66(27-29-72(95)121)109-74(123)22-11-10-15-32-100-73(122)30-28-65(111-77(126)51-144-40-39-143-38-37-142-36-35-103-93(141)145-94(6,7)8)82(131)101-33-16-14-20-64-85(134)116-68(43-56-23-25-59(120)26-24-56)89(138)118-71(46-78(127)128)83(132)105-49-75(124)110-63(84(133)114-64)21-17-34-102-92(97)98/h12-13,18-19,23-26,47-48,52-55,62-71,79,104,120H,10-11,14-17,20-22,27-46,49-51H2,1-9H3,(H2,95,121)(H2,96,129)(H,99,107)(H,100,122)(H,101,131)(H,103,141)(H,105,132)(H,106,140)(H,108,136)(H,109,123)(H,110,124)(H,111,126)(H,112,125)(H,113,137)(H,114,133)(H,115,139)(H,116,134)(H,117,135)(H,118,138)(H,119,130)(H,127,128)(H4,97,98,102)/t55-,62+,63+,64+,65-,66-,67-,68-,69+,70+,71+,79+/m0/s1. The molecule has 51 nitrogen and oxygen atoms in total. The highest BCUT2D eigenvalue weighted by atomic mass is 32.2. The molecule has 1 aliphatic heterocycles. The number of thioether (sulfide) groups is 1. The second kappa shape index (κ2) is 65.1. The van der Waals surface area contributed by atoms with Crippen LogP contribution in [0.4, 0.5) is 4.79 Å². The van der Waals surface area contributed by atoms with Crippen molar-refractivity contribution in [2.75, 3.05) is 90.9 Å². The van der Waals surface area contributed by atoms with E-state index in [4.69, 9.17) is 41.6 Å². The van der Waals surface area contributed by atoms with Crippen molar-refractivity contribution in [2.45, 2.75) is 255 Å². The van der Waals surface area contributed by atoms with Crippen LogP contribution >= 0.6 is 11.8 Å². The van der Waals surface area contributed by atoms with Gasteiger partial charge in [-0.05, 0) is 151 Å². The Morgan fingerprint density at radius 2 is 1.11 bits per heavy atom. The number of carbonyl (C=O) groups is 20. The lowest BCUT2D eigenvalue weighted by Crippen LogP contribution is -2.59. The molecule has 29 N–H and O–H groups in total. The fourth-order valence-corrected chi connectivity index (χ4v) is 15.1. The molecule has 0 unspecified atom stereocenters. The van der Waals surface area contributed by atoms with Crippen molar-refractivity contribution >= 4 is 147 Å². The largest absolute Gasteiger partial charge is 0.508 e. The van der Waals surface area contributed by atoms with Crippen LogP contribution in [-0.2, 0) is 129 Å². The first-order valence-electron chi connectivity index (χ1n) is 48.4. The summed E-state index contributed by atoms with van der Waals surface area (Å²) in [4.78, 5) is 281. The molecule has 52 heteroatoms. The highest BCUT2D eigenvalue weighted by Gasteiger charge is 2.38. The number of phenolic OH excluding ortho intramolecular Hbond substituents is 1. The molecule has 1 fully saturated rings. The van der Waals surface area contributed by atoms with Gasteiger partial charge in [-0.3, -0.25) is 96.5 Å². The van der Waals surface area contributed by atoms with Gasteiger partial charge in [0.1, 0.15) is 90.5 Å². The topological polar surface area (TPSA) is 782 Å². The van der Waals surface area contributed by atoms with Crippen molar-refractivity contribution in [1.29, 1.82) is 5.41 Å². The number of unbranched alkanes of at least 4 members (excludes halogenated alkanes) is 3. The van der Waals surface area contributed by atoms with Crippen LogP contribution in [-0.4, -0.2) is 319 Å². The molecular formula is C94H145N25O26S. The summed E-state index contributed by atoms with van der Waals surface area (Å²) in [6, 6.07) is -4.21. The molecule has 808 valence electrons. The average Bonchev–Trinajstić information content (AvgIpc) is 1.67. The lowest BCUT2D eigenvalue weighted by Gasteiger charge is -2.26. The molecule has 12 atom stereocenters. The number of carbonyl (C=O) groups excluding carboxylic acids is 19. The number of primary amides is 2. The molecule has 2 aromatic carbocycles. The SMILES string of the molecule is CSCC[C@@H](NC(=O)[C@H](CC(C)C)NC(=O)[C@@H](Cc1c[nH]cn1)NC(=O)CNC(=O)[C@H](NC(=O)[C@H](C)NC(=O)[C@@H](Cc1c[nH]c2ccccc12)NC(=O)[C@H](CCC(N)=O)NC(=O)CCCCCNC(=O)CC[C@H](NC(=O)COCCOCCOCCNC(=O)OC(C)(C)C)C(=O)NCCCC[C@H]1NC(=O)[C@@H](CCCNC(=N)N)NC(=O)CNC(=O)[C@@H](CC(=O)O)NC(=O)[C@H](Cc2ccc(O)cc2)NC1=O)C(C)C)C(N)=O. The Kier molecular flexibility index (Phi) is 54.5. The third-order valence-electron chi connectivity index (χ3n) is 22.3. The van der Waals surface area contributed by atoms with Gasteiger partial charge in [-0.2, -0.15) is 11.8 Å². The number of ether oxygens (including phenoxy) is 4. The van der Waals surface area contributed by atoms with Crippen LogP contribution in [0, 0.1) is 17.2 Å². The van der Waals surface area contributed by atoms with Crippen LogP contribution in [0.5, 0.6) is 5.75 Å². The Hall–Kier alpha value is -14.3. The number of benzene rings is 2. The van der Waals surface area contributed by atoms with Crippen LogP contribution in [0.3, 0.4) is 0 Å². The molecule has 0 saturated carbocycles. The second-order valence-electron chi connectivity index (χ2n) is 36.5. The summed E-state index contributed by atoms with van der Waals surface area (Å²) in [5.41, 5.74) is 17.9. The van der Waals surface area contributed by atoms with Gasteiger partial charge in [-0.25, -0.2) is 9.78 Å². The molecular weight excluding hydrogens is 1930 g/mol. The van der Waals surface area contributed by atoms with Crippen LogP contribution in [0.1, 0.15) is 175 Å². The number of fused-ring (bicyclic) bond motifs is 1. The van der Waals surface area contributed by atoms with Crippen molar-refractivity contribution in [3.05, 3.63) is 84.1 Å². The monoisotopic (exact) mass is 2070 g/mol. The minimum atomic E-state index is -1.77. The summed E-state index contributed by atoms with van der Waals surface area (Å²) in [7, 11) is 0. The van der Waals surface area contributed by atoms with Crippen LogP contribution in [0.15, 0.2) is 67.3 Å². The summed E-state index contributed by atoms with van der Waals surface area (Å²) in [6.45, 7) is 11.8.